The molecule has 0 saturated carbocycles. The lowest BCUT2D eigenvalue weighted by molar-refractivity contribution is 0.338. The molecule has 1 N–H and O–H groups in total. The van der Waals surface area contributed by atoms with Crippen LogP contribution in [0.15, 0.2) is 30.6 Å². The Morgan fingerprint density at radius 2 is 2.16 bits per heavy atom. The molecule has 1 aromatic heterocycles. The summed E-state index contributed by atoms with van der Waals surface area (Å²) in [4.78, 5) is 7.89. The predicted molar refractivity (Wildman–Crippen MR) is 72.4 cm³/mol. The van der Waals surface area contributed by atoms with Crippen LogP contribution in [0.4, 0.5) is 11.5 Å². The quantitative estimate of drug-likeness (QED) is 0.908. The summed E-state index contributed by atoms with van der Waals surface area (Å²) < 4.78 is 5.48. The van der Waals surface area contributed by atoms with Crippen molar-refractivity contribution in [1.29, 1.82) is 5.26 Å². The van der Waals surface area contributed by atoms with Gasteiger partial charge in [-0.2, -0.15) is 5.26 Å². The molecule has 2 aromatic rings. The highest BCUT2D eigenvalue weighted by atomic mass is 16.5. The first-order valence-electron chi connectivity index (χ1n) is 5.95. The molecule has 5 nitrogen and oxygen atoms in total. The van der Waals surface area contributed by atoms with Gasteiger partial charge in [0.05, 0.1) is 6.61 Å². The maximum Gasteiger partial charge on any atom is 0.145 e. The fourth-order valence-corrected chi connectivity index (χ4v) is 1.68. The molecule has 0 aliphatic rings. The molecule has 2 rings (SSSR count). The normalized spacial score (nSPS) is 9.74. The van der Waals surface area contributed by atoms with E-state index in [1.807, 2.05) is 38.1 Å². The Labute approximate surface area is 111 Å². The van der Waals surface area contributed by atoms with Gasteiger partial charge < -0.3 is 10.1 Å². The second kappa shape index (κ2) is 5.83. The van der Waals surface area contributed by atoms with Gasteiger partial charge in [0, 0.05) is 11.8 Å². The van der Waals surface area contributed by atoms with Crippen molar-refractivity contribution in [2.75, 3.05) is 11.9 Å². The number of ether oxygens (including phenoxy) is 1. The molecule has 1 aromatic carbocycles. The van der Waals surface area contributed by atoms with Crippen molar-refractivity contribution < 1.29 is 4.74 Å². The summed E-state index contributed by atoms with van der Waals surface area (Å²) in [5.74, 6) is 1.46. The number of nitrogens with zero attached hydrogens (tertiary/aromatic N) is 3. The lowest BCUT2D eigenvalue weighted by atomic mass is 10.2. The maximum atomic E-state index is 8.78. The molecule has 0 atom stereocenters. The molecule has 0 spiro atoms. The van der Waals surface area contributed by atoms with Crippen molar-refractivity contribution in [2.24, 2.45) is 0 Å². The van der Waals surface area contributed by atoms with E-state index in [9.17, 15) is 0 Å². The third kappa shape index (κ3) is 3.19. The first kappa shape index (κ1) is 12.8. The van der Waals surface area contributed by atoms with E-state index < -0.39 is 0 Å². The van der Waals surface area contributed by atoms with Gasteiger partial charge in [0.15, 0.2) is 0 Å². The smallest absolute Gasteiger partial charge is 0.145 e. The van der Waals surface area contributed by atoms with E-state index in [2.05, 4.69) is 15.3 Å². The van der Waals surface area contributed by atoms with Crippen LogP contribution in [-0.2, 0) is 0 Å². The molecular formula is C14H14N4O. The Balaban J connectivity index is 2.19. The SMILES string of the molecule is CCOc1ccc(Nc2cc(C#N)ncn2)cc1C. The Kier molecular flexibility index (Phi) is 3.94. The third-order valence-corrected chi connectivity index (χ3v) is 2.53. The van der Waals surface area contributed by atoms with E-state index in [0.29, 0.717) is 18.1 Å². The van der Waals surface area contributed by atoms with E-state index in [4.69, 9.17) is 10.00 Å². The van der Waals surface area contributed by atoms with Crippen molar-refractivity contribution in [3.63, 3.8) is 0 Å². The molecule has 0 radical (unpaired) electrons. The molecule has 0 bridgehead atoms. The Bertz CT molecular complexity index is 619. The van der Waals surface area contributed by atoms with Crippen molar-refractivity contribution >= 4 is 11.5 Å². The lowest BCUT2D eigenvalue weighted by Gasteiger charge is -2.10. The van der Waals surface area contributed by atoms with E-state index >= 15 is 0 Å². The number of rotatable bonds is 4. The van der Waals surface area contributed by atoms with Crippen molar-refractivity contribution in [3.05, 3.63) is 41.9 Å². The number of aromatic nitrogens is 2. The predicted octanol–water partition coefficient (Wildman–Crippen LogP) is 2.80. The van der Waals surface area contributed by atoms with Gasteiger partial charge >= 0.3 is 0 Å². The Hall–Kier alpha value is -2.61. The van der Waals surface area contributed by atoms with Crippen LogP contribution in [0.25, 0.3) is 0 Å². The number of hydrogen-bond acceptors (Lipinski definition) is 5. The van der Waals surface area contributed by atoms with Crippen LogP contribution in [-0.4, -0.2) is 16.6 Å². The van der Waals surface area contributed by atoms with Crippen LogP contribution in [0.5, 0.6) is 5.75 Å². The van der Waals surface area contributed by atoms with Gasteiger partial charge in [-0.15, -0.1) is 0 Å². The average molecular weight is 254 g/mol. The zero-order chi connectivity index (χ0) is 13.7. The molecule has 0 fully saturated rings. The second-order valence-corrected chi connectivity index (χ2v) is 3.94. The molecule has 0 unspecified atom stereocenters. The monoisotopic (exact) mass is 254 g/mol. The van der Waals surface area contributed by atoms with Gasteiger partial charge in [0.25, 0.3) is 0 Å². The van der Waals surface area contributed by atoms with Gasteiger partial charge in [0.2, 0.25) is 0 Å². The van der Waals surface area contributed by atoms with Crippen molar-refractivity contribution in [2.45, 2.75) is 13.8 Å². The summed E-state index contributed by atoms with van der Waals surface area (Å²) in [5, 5.41) is 11.9. The molecule has 0 aliphatic carbocycles. The van der Waals surface area contributed by atoms with Crippen LogP contribution < -0.4 is 10.1 Å². The molecular weight excluding hydrogens is 240 g/mol. The van der Waals surface area contributed by atoms with E-state index in [1.165, 1.54) is 6.33 Å². The lowest BCUT2D eigenvalue weighted by Crippen LogP contribution is -1.98. The fraction of sp³-hybridized carbons (Fsp3) is 0.214. The average Bonchev–Trinajstić information content (AvgIpc) is 2.42. The number of benzene rings is 1. The zero-order valence-electron chi connectivity index (χ0n) is 10.8. The topological polar surface area (TPSA) is 70.8 Å². The highest BCUT2D eigenvalue weighted by molar-refractivity contribution is 5.59. The van der Waals surface area contributed by atoms with Crippen LogP contribution >= 0.6 is 0 Å². The zero-order valence-corrected chi connectivity index (χ0v) is 10.8. The van der Waals surface area contributed by atoms with E-state index in [-0.39, 0.29) is 0 Å². The molecule has 1 heterocycles. The minimum atomic E-state index is 0.333. The number of anilines is 2. The number of nitriles is 1. The summed E-state index contributed by atoms with van der Waals surface area (Å²) in [6.07, 6.45) is 1.36. The fourth-order valence-electron chi connectivity index (χ4n) is 1.68. The summed E-state index contributed by atoms with van der Waals surface area (Å²) in [7, 11) is 0. The first-order chi connectivity index (χ1) is 9.22. The number of nitrogens with one attached hydrogen (secondary N) is 1. The molecule has 0 amide bonds. The van der Waals surface area contributed by atoms with Crippen LogP contribution in [0, 0.1) is 18.3 Å². The van der Waals surface area contributed by atoms with Gasteiger partial charge in [-0.25, -0.2) is 9.97 Å². The van der Waals surface area contributed by atoms with Gasteiger partial charge in [-0.05, 0) is 37.6 Å². The highest BCUT2D eigenvalue weighted by Gasteiger charge is 2.02. The van der Waals surface area contributed by atoms with Crippen LogP contribution in [0.2, 0.25) is 0 Å². The molecule has 5 heteroatoms. The van der Waals surface area contributed by atoms with Crippen molar-refractivity contribution in [3.8, 4) is 11.8 Å². The molecule has 19 heavy (non-hydrogen) atoms. The van der Waals surface area contributed by atoms with Gasteiger partial charge in [-0.3, -0.25) is 0 Å². The van der Waals surface area contributed by atoms with E-state index in [0.717, 1.165) is 17.0 Å². The van der Waals surface area contributed by atoms with Gasteiger partial charge in [-0.1, -0.05) is 0 Å². The minimum Gasteiger partial charge on any atom is -0.494 e. The third-order valence-electron chi connectivity index (χ3n) is 2.53. The second-order valence-electron chi connectivity index (χ2n) is 3.94. The number of hydrogen-bond donors (Lipinski definition) is 1. The first-order valence-corrected chi connectivity index (χ1v) is 5.95. The standard InChI is InChI=1S/C14H14N4O/c1-3-19-13-5-4-11(6-10(13)2)18-14-7-12(8-15)16-9-17-14/h4-7,9H,3H2,1-2H3,(H,16,17,18). The van der Waals surface area contributed by atoms with Crippen molar-refractivity contribution in [1.82, 2.24) is 9.97 Å². The minimum absolute atomic E-state index is 0.333. The molecule has 0 aliphatic heterocycles. The summed E-state index contributed by atoms with van der Waals surface area (Å²) >= 11 is 0. The highest BCUT2D eigenvalue weighted by Crippen LogP contribution is 2.23. The summed E-state index contributed by atoms with van der Waals surface area (Å²) in [6.45, 7) is 4.58. The largest absolute Gasteiger partial charge is 0.494 e. The van der Waals surface area contributed by atoms with Gasteiger partial charge in [0.1, 0.15) is 29.7 Å². The maximum absolute atomic E-state index is 8.78. The molecule has 96 valence electrons. The van der Waals surface area contributed by atoms with Crippen LogP contribution in [0.3, 0.4) is 0 Å². The Morgan fingerprint density at radius 1 is 1.32 bits per heavy atom. The Morgan fingerprint density at radius 3 is 2.84 bits per heavy atom. The van der Waals surface area contributed by atoms with E-state index in [1.54, 1.807) is 6.07 Å². The molecule has 0 saturated heterocycles. The number of aryl methyl sites for hydroxylation is 1. The van der Waals surface area contributed by atoms with Crippen LogP contribution in [0.1, 0.15) is 18.2 Å². The summed E-state index contributed by atoms with van der Waals surface area (Å²) in [6, 6.07) is 9.37. The summed E-state index contributed by atoms with van der Waals surface area (Å²) in [5.41, 5.74) is 2.27.